The van der Waals surface area contributed by atoms with Crippen molar-refractivity contribution in [1.29, 1.82) is 5.26 Å². The maximum atomic E-state index is 12.6. The zero-order valence-corrected chi connectivity index (χ0v) is 15.9. The summed E-state index contributed by atoms with van der Waals surface area (Å²) in [6.07, 6.45) is 1.50. The zero-order valence-electron chi connectivity index (χ0n) is 15.1. The molecular formula is C18H24N4O2S. The smallest absolute Gasteiger partial charge is 0.233 e. The lowest BCUT2D eigenvalue weighted by atomic mass is 9.93. The highest BCUT2D eigenvalue weighted by atomic mass is 32.2. The molecule has 7 heteroatoms. The van der Waals surface area contributed by atoms with Gasteiger partial charge >= 0.3 is 0 Å². The number of amides is 2. The minimum absolute atomic E-state index is 0.0509. The van der Waals surface area contributed by atoms with Gasteiger partial charge in [0.05, 0.1) is 17.2 Å². The Labute approximate surface area is 152 Å². The predicted molar refractivity (Wildman–Crippen MR) is 97.0 cm³/mol. The van der Waals surface area contributed by atoms with Gasteiger partial charge in [-0.15, -0.1) is 0 Å². The molecule has 1 aromatic heterocycles. The molecule has 1 aromatic rings. The summed E-state index contributed by atoms with van der Waals surface area (Å²) in [5, 5.41) is 10.0. The number of nitrogens with two attached hydrogens (primary N) is 1. The maximum absolute atomic E-state index is 12.6. The van der Waals surface area contributed by atoms with Gasteiger partial charge in [0.1, 0.15) is 11.1 Å². The fourth-order valence-electron chi connectivity index (χ4n) is 3.05. The Balaban J connectivity index is 2.12. The molecule has 1 aliphatic rings. The van der Waals surface area contributed by atoms with E-state index < -0.39 is 0 Å². The first-order valence-corrected chi connectivity index (χ1v) is 9.34. The second kappa shape index (κ2) is 7.87. The molecule has 0 radical (unpaired) electrons. The van der Waals surface area contributed by atoms with Gasteiger partial charge in [0.2, 0.25) is 11.8 Å². The summed E-state index contributed by atoms with van der Waals surface area (Å²) in [6, 6.07) is 2.29. The summed E-state index contributed by atoms with van der Waals surface area (Å²) >= 11 is 1.28. The largest absolute Gasteiger partial charge is 0.369 e. The SMILES string of the molecule is Cc1nc(SCC(=O)N2CC(C(N)=O)CCC2C)c(C#N)c(C)c1C. The van der Waals surface area contributed by atoms with E-state index in [1.54, 1.807) is 4.90 Å². The van der Waals surface area contributed by atoms with Crippen LogP contribution in [0.5, 0.6) is 0 Å². The fourth-order valence-corrected chi connectivity index (χ4v) is 4.02. The third-order valence-corrected chi connectivity index (χ3v) is 5.97. The first-order chi connectivity index (χ1) is 11.8. The third kappa shape index (κ3) is 4.13. The predicted octanol–water partition coefficient (Wildman–Crippen LogP) is 2.08. The van der Waals surface area contributed by atoms with Crippen LogP contribution in [-0.2, 0) is 9.59 Å². The molecule has 0 spiro atoms. The average molecular weight is 360 g/mol. The Morgan fingerprint density at radius 2 is 2.00 bits per heavy atom. The molecule has 6 nitrogen and oxygen atoms in total. The standard InChI is InChI=1S/C18H24N4O2S/c1-10-5-6-14(17(20)24)8-22(10)16(23)9-25-18-15(7-19)12(3)11(2)13(4)21-18/h10,14H,5-6,8-9H2,1-4H3,(H2,20,24). The molecule has 134 valence electrons. The van der Waals surface area contributed by atoms with Crippen LogP contribution in [0, 0.1) is 38.0 Å². The number of thioether (sulfide) groups is 1. The van der Waals surface area contributed by atoms with Crippen LogP contribution in [0.4, 0.5) is 0 Å². The number of nitrogens with zero attached hydrogens (tertiary/aromatic N) is 3. The molecular weight excluding hydrogens is 336 g/mol. The van der Waals surface area contributed by atoms with Crippen molar-refractivity contribution in [1.82, 2.24) is 9.88 Å². The normalized spacial score (nSPS) is 20.2. The van der Waals surface area contributed by atoms with Crippen LogP contribution in [0.2, 0.25) is 0 Å². The molecule has 25 heavy (non-hydrogen) atoms. The molecule has 2 heterocycles. The second-order valence-electron chi connectivity index (χ2n) is 6.60. The highest BCUT2D eigenvalue weighted by molar-refractivity contribution is 8.00. The number of primary amides is 1. The molecule has 1 fully saturated rings. The van der Waals surface area contributed by atoms with E-state index in [0.29, 0.717) is 17.1 Å². The van der Waals surface area contributed by atoms with Crippen molar-refractivity contribution in [2.24, 2.45) is 11.7 Å². The lowest BCUT2D eigenvalue weighted by molar-refractivity contribution is -0.135. The van der Waals surface area contributed by atoms with Crippen LogP contribution in [0.15, 0.2) is 5.03 Å². The highest BCUT2D eigenvalue weighted by Gasteiger charge is 2.31. The van der Waals surface area contributed by atoms with Crippen LogP contribution in [0.1, 0.15) is 42.1 Å². The number of rotatable bonds is 4. The molecule has 2 N–H and O–H groups in total. The lowest BCUT2D eigenvalue weighted by Gasteiger charge is -2.36. The Hall–Kier alpha value is -2.07. The van der Waals surface area contributed by atoms with Crippen LogP contribution in [-0.4, -0.2) is 40.0 Å². The fraction of sp³-hybridized carbons (Fsp3) is 0.556. The number of aromatic nitrogens is 1. The minimum atomic E-state index is -0.351. The third-order valence-electron chi connectivity index (χ3n) is 5.01. The van der Waals surface area contributed by atoms with Crippen molar-refractivity contribution in [3.8, 4) is 6.07 Å². The van der Waals surface area contributed by atoms with Gasteiger partial charge in [-0.1, -0.05) is 11.8 Å². The van der Waals surface area contributed by atoms with Crippen molar-refractivity contribution in [3.05, 3.63) is 22.4 Å². The Kier molecular flexibility index (Phi) is 6.07. The van der Waals surface area contributed by atoms with Crippen LogP contribution < -0.4 is 5.73 Å². The topological polar surface area (TPSA) is 100 Å². The van der Waals surface area contributed by atoms with Crippen LogP contribution in [0.3, 0.4) is 0 Å². The summed E-state index contributed by atoms with van der Waals surface area (Å²) in [5.41, 5.74) is 8.70. The molecule has 2 atom stereocenters. The van der Waals surface area contributed by atoms with Gasteiger partial charge in [0, 0.05) is 18.3 Å². The molecule has 1 saturated heterocycles. The van der Waals surface area contributed by atoms with Gasteiger partial charge < -0.3 is 10.6 Å². The van der Waals surface area contributed by atoms with E-state index in [0.717, 1.165) is 29.7 Å². The van der Waals surface area contributed by atoms with E-state index in [2.05, 4.69) is 11.1 Å². The second-order valence-corrected chi connectivity index (χ2v) is 7.56. The van der Waals surface area contributed by atoms with E-state index in [-0.39, 0.29) is 29.5 Å². The molecule has 0 saturated carbocycles. The molecule has 2 unspecified atom stereocenters. The number of carbonyl (C=O) groups excluding carboxylic acids is 2. The minimum Gasteiger partial charge on any atom is -0.369 e. The number of carbonyl (C=O) groups is 2. The number of hydrogen-bond donors (Lipinski definition) is 1. The van der Waals surface area contributed by atoms with E-state index in [1.807, 2.05) is 27.7 Å². The molecule has 2 amide bonds. The molecule has 0 aromatic carbocycles. The Bertz CT molecular complexity index is 742. The van der Waals surface area contributed by atoms with Crippen molar-refractivity contribution < 1.29 is 9.59 Å². The van der Waals surface area contributed by atoms with Crippen molar-refractivity contribution in [3.63, 3.8) is 0 Å². The van der Waals surface area contributed by atoms with E-state index >= 15 is 0 Å². The van der Waals surface area contributed by atoms with Crippen molar-refractivity contribution >= 4 is 23.6 Å². The number of aryl methyl sites for hydroxylation is 1. The number of hydrogen-bond acceptors (Lipinski definition) is 5. The first-order valence-electron chi connectivity index (χ1n) is 8.35. The molecule has 0 aliphatic carbocycles. The van der Waals surface area contributed by atoms with Crippen LogP contribution >= 0.6 is 11.8 Å². The van der Waals surface area contributed by atoms with Gasteiger partial charge in [-0.2, -0.15) is 5.26 Å². The van der Waals surface area contributed by atoms with E-state index in [4.69, 9.17) is 5.73 Å². The van der Waals surface area contributed by atoms with Crippen molar-refractivity contribution in [2.45, 2.75) is 51.6 Å². The maximum Gasteiger partial charge on any atom is 0.233 e. The van der Waals surface area contributed by atoms with Gasteiger partial charge in [-0.05, 0) is 51.7 Å². The van der Waals surface area contributed by atoms with E-state index in [1.165, 1.54) is 11.8 Å². The first kappa shape index (κ1) is 19.3. The Morgan fingerprint density at radius 1 is 1.32 bits per heavy atom. The number of likely N-dealkylation sites (tertiary alicyclic amines) is 1. The highest BCUT2D eigenvalue weighted by Crippen LogP contribution is 2.28. The number of pyridine rings is 1. The Morgan fingerprint density at radius 3 is 2.60 bits per heavy atom. The summed E-state index contributed by atoms with van der Waals surface area (Å²) in [5.74, 6) is -0.484. The quantitative estimate of drug-likeness (QED) is 0.829. The van der Waals surface area contributed by atoms with Gasteiger partial charge in [-0.25, -0.2) is 4.98 Å². The summed E-state index contributed by atoms with van der Waals surface area (Å²) in [6.45, 7) is 8.11. The van der Waals surface area contributed by atoms with Crippen LogP contribution in [0.25, 0.3) is 0 Å². The van der Waals surface area contributed by atoms with Crippen molar-refractivity contribution in [2.75, 3.05) is 12.3 Å². The van der Waals surface area contributed by atoms with Gasteiger partial charge in [-0.3, -0.25) is 9.59 Å². The summed E-state index contributed by atoms with van der Waals surface area (Å²) in [4.78, 5) is 30.3. The summed E-state index contributed by atoms with van der Waals surface area (Å²) in [7, 11) is 0. The lowest BCUT2D eigenvalue weighted by Crippen LogP contribution is -2.49. The van der Waals surface area contributed by atoms with Gasteiger partial charge in [0.25, 0.3) is 0 Å². The van der Waals surface area contributed by atoms with Gasteiger partial charge in [0.15, 0.2) is 0 Å². The molecule has 1 aliphatic heterocycles. The number of nitriles is 1. The average Bonchev–Trinajstić information content (AvgIpc) is 2.57. The summed E-state index contributed by atoms with van der Waals surface area (Å²) < 4.78 is 0. The number of piperidine rings is 1. The molecule has 0 bridgehead atoms. The zero-order chi connectivity index (χ0) is 18.7. The molecule has 2 rings (SSSR count). The van der Waals surface area contributed by atoms with E-state index in [9.17, 15) is 14.9 Å². The monoisotopic (exact) mass is 360 g/mol.